The number of para-hydroxylation sites is 1. The van der Waals surface area contributed by atoms with Crippen LogP contribution < -0.4 is 10.6 Å². The summed E-state index contributed by atoms with van der Waals surface area (Å²) < 4.78 is 0. The van der Waals surface area contributed by atoms with E-state index in [1.54, 1.807) is 17.4 Å². The summed E-state index contributed by atoms with van der Waals surface area (Å²) in [6.07, 6.45) is 2.65. The van der Waals surface area contributed by atoms with Crippen LogP contribution in [-0.2, 0) is 16.0 Å². The summed E-state index contributed by atoms with van der Waals surface area (Å²) in [6.45, 7) is 0.452. The van der Waals surface area contributed by atoms with E-state index in [1.165, 1.54) is 11.8 Å². The zero-order valence-electron chi connectivity index (χ0n) is 11.6. The molecule has 2 N–H and O–H groups in total. The van der Waals surface area contributed by atoms with Gasteiger partial charge in [-0.05, 0) is 47.2 Å². The molecule has 2 aromatic rings. The van der Waals surface area contributed by atoms with Gasteiger partial charge in [0.2, 0.25) is 0 Å². The molecule has 0 atom stereocenters. The van der Waals surface area contributed by atoms with E-state index in [2.05, 4.69) is 10.6 Å². The first-order valence-corrected chi connectivity index (χ1v) is 8.60. The Balaban J connectivity index is 1.83. The number of thiophene rings is 1. The molecule has 0 spiro atoms. The summed E-state index contributed by atoms with van der Waals surface area (Å²) >= 11 is 3.14. The fourth-order valence-electron chi connectivity index (χ4n) is 1.76. The van der Waals surface area contributed by atoms with Gasteiger partial charge in [-0.1, -0.05) is 12.1 Å². The Morgan fingerprint density at radius 2 is 2.00 bits per heavy atom. The van der Waals surface area contributed by atoms with E-state index in [-0.39, 0.29) is 0 Å². The Kier molecular flexibility index (Phi) is 5.83. The first kappa shape index (κ1) is 15.6. The van der Waals surface area contributed by atoms with Crippen LogP contribution in [0.5, 0.6) is 0 Å². The number of thioether (sulfide) groups is 1. The third-order valence-corrected chi connectivity index (χ3v) is 4.37. The minimum absolute atomic E-state index is 0.452. The molecule has 0 fully saturated rings. The molecule has 0 aliphatic rings. The predicted molar refractivity (Wildman–Crippen MR) is 87.9 cm³/mol. The van der Waals surface area contributed by atoms with E-state index in [0.29, 0.717) is 12.2 Å². The second-order valence-corrected chi connectivity index (χ2v) is 5.92. The first-order valence-electron chi connectivity index (χ1n) is 6.44. The molecule has 0 aliphatic heterocycles. The molecule has 6 heteroatoms. The lowest BCUT2D eigenvalue weighted by Crippen LogP contribution is -2.36. The van der Waals surface area contributed by atoms with Crippen molar-refractivity contribution in [1.82, 2.24) is 5.32 Å². The number of benzene rings is 1. The van der Waals surface area contributed by atoms with Gasteiger partial charge in [0.1, 0.15) is 0 Å². The Morgan fingerprint density at radius 3 is 2.71 bits per heavy atom. The average molecular weight is 320 g/mol. The highest BCUT2D eigenvalue weighted by Crippen LogP contribution is 2.24. The molecule has 1 heterocycles. The van der Waals surface area contributed by atoms with Crippen LogP contribution in [0.25, 0.3) is 0 Å². The summed E-state index contributed by atoms with van der Waals surface area (Å²) in [5, 5.41) is 9.28. The van der Waals surface area contributed by atoms with Crippen molar-refractivity contribution >= 4 is 40.6 Å². The van der Waals surface area contributed by atoms with Crippen LogP contribution in [0.3, 0.4) is 0 Å². The number of amides is 2. The average Bonchev–Trinajstić information content (AvgIpc) is 3.01. The Hall–Kier alpha value is -1.79. The summed E-state index contributed by atoms with van der Waals surface area (Å²) in [7, 11) is 0. The summed E-state index contributed by atoms with van der Waals surface area (Å²) in [5.41, 5.74) is 1.82. The van der Waals surface area contributed by atoms with E-state index >= 15 is 0 Å². The van der Waals surface area contributed by atoms with E-state index in [1.807, 2.05) is 41.3 Å². The van der Waals surface area contributed by atoms with E-state index in [0.717, 1.165) is 16.9 Å². The van der Waals surface area contributed by atoms with Gasteiger partial charge in [-0.3, -0.25) is 9.59 Å². The van der Waals surface area contributed by atoms with Gasteiger partial charge >= 0.3 is 11.8 Å². The minimum atomic E-state index is -0.637. The number of anilines is 1. The van der Waals surface area contributed by atoms with Crippen molar-refractivity contribution in [1.29, 1.82) is 0 Å². The number of carbonyl (C=O) groups excluding carboxylic acids is 2. The van der Waals surface area contributed by atoms with Crippen LogP contribution in [-0.4, -0.2) is 24.6 Å². The molecule has 4 nitrogen and oxygen atoms in total. The topological polar surface area (TPSA) is 58.2 Å². The standard InChI is InChI=1S/C15H16N2O2S2/c1-20-13-5-3-2-4-12(13)17-15(19)14(18)16-8-6-11-7-9-21-10-11/h2-5,7,9-10H,6,8H2,1H3,(H,16,18)(H,17,19). The molecule has 21 heavy (non-hydrogen) atoms. The van der Waals surface area contributed by atoms with Gasteiger partial charge in [-0.15, -0.1) is 11.8 Å². The lowest BCUT2D eigenvalue weighted by molar-refractivity contribution is -0.136. The zero-order valence-corrected chi connectivity index (χ0v) is 13.2. The summed E-state index contributed by atoms with van der Waals surface area (Å²) in [6, 6.07) is 9.40. The molecule has 0 saturated carbocycles. The molecule has 0 radical (unpaired) electrons. The van der Waals surface area contributed by atoms with Gasteiger partial charge in [0.25, 0.3) is 0 Å². The lowest BCUT2D eigenvalue weighted by Gasteiger charge is -2.09. The highest BCUT2D eigenvalue weighted by Gasteiger charge is 2.14. The third-order valence-electron chi connectivity index (χ3n) is 2.84. The van der Waals surface area contributed by atoms with Crippen molar-refractivity contribution in [3.8, 4) is 0 Å². The Bertz CT molecular complexity index is 612. The minimum Gasteiger partial charge on any atom is -0.347 e. The van der Waals surface area contributed by atoms with Crippen LogP contribution in [0.2, 0.25) is 0 Å². The second kappa shape index (κ2) is 7.85. The van der Waals surface area contributed by atoms with Crippen LogP contribution in [0.1, 0.15) is 5.56 Å². The Morgan fingerprint density at radius 1 is 1.19 bits per heavy atom. The SMILES string of the molecule is CSc1ccccc1NC(=O)C(=O)NCCc1ccsc1. The van der Waals surface area contributed by atoms with E-state index in [4.69, 9.17) is 0 Å². The molecular weight excluding hydrogens is 304 g/mol. The number of hydrogen-bond acceptors (Lipinski definition) is 4. The van der Waals surface area contributed by atoms with Gasteiger partial charge in [-0.25, -0.2) is 0 Å². The molecule has 0 unspecified atom stereocenters. The normalized spacial score (nSPS) is 10.1. The molecule has 110 valence electrons. The van der Waals surface area contributed by atoms with Crippen molar-refractivity contribution in [2.24, 2.45) is 0 Å². The molecular formula is C15H16N2O2S2. The third kappa shape index (κ3) is 4.61. The van der Waals surface area contributed by atoms with E-state index < -0.39 is 11.8 Å². The van der Waals surface area contributed by atoms with Gasteiger partial charge in [-0.2, -0.15) is 11.3 Å². The quantitative estimate of drug-likeness (QED) is 0.658. The van der Waals surface area contributed by atoms with Gasteiger partial charge in [0.15, 0.2) is 0 Å². The predicted octanol–water partition coefficient (Wildman–Crippen LogP) is 2.77. The van der Waals surface area contributed by atoms with Gasteiger partial charge in [0.05, 0.1) is 5.69 Å². The molecule has 0 aliphatic carbocycles. The first-order chi connectivity index (χ1) is 10.2. The van der Waals surface area contributed by atoms with E-state index in [9.17, 15) is 9.59 Å². The maximum atomic E-state index is 11.8. The molecule has 0 bridgehead atoms. The number of hydrogen-bond donors (Lipinski definition) is 2. The maximum absolute atomic E-state index is 11.8. The largest absolute Gasteiger partial charge is 0.347 e. The van der Waals surface area contributed by atoms with Crippen LogP contribution in [0.4, 0.5) is 5.69 Å². The van der Waals surface area contributed by atoms with Crippen LogP contribution >= 0.6 is 23.1 Å². The van der Waals surface area contributed by atoms with Gasteiger partial charge < -0.3 is 10.6 Å². The molecule has 2 rings (SSSR count). The summed E-state index contributed by atoms with van der Waals surface area (Å²) in [5.74, 6) is -1.25. The monoisotopic (exact) mass is 320 g/mol. The molecule has 1 aromatic heterocycles. The maximum Gasteiger partial charge on any atom is 0.313 e. The van der Waals surface area contributed by atoms with Crippen molar-refractivity contribution < 1.29 is 9.59 Å². The molecule has 2 amide bonds. The molecule has 1 aromatic carbocycles. The van der Waals surface area contributed by atoms with Crippen LogP contribution in [0, 0.1) is 0 Å². The number of carbonyl (C=O) groups is 2. The second-order valence-electron chi connectivity index (χ2n) is 4.29. The fourth-order valence-corrected chi connectivity index (χ4v) is 3.02. The smallest absolute Gasteiger partial charge is 0.313 e. The highest BCUT2D eigenvalue weighted by molar-refractivity contribution is 7.98. The van der Waals surface area contributed by atoms with Crippen molar-refractivity contribution in [2.75, 3.05) is 18.1 Å². The summed E-state index contributed by atoms with van der Waals surface area (Å²) in [4.78, 5) is 24.5. The highest BCUT2D eigenvalue weighted by atomic mass is 32.2. The number of rotatable bonds is 5. The Labute approximate surface area is 131 Å². The van der Waals surface area contributed by atoms with Crippen molar-refractivity contribution in [3.05, 3.63) is 46.7 Å². The fraction of sp³-hybridized carbons (Fsp3) is 0.200. The molecule has 0 saturated heterocycles. The van der Waals surface area contributed by atoms with Gasteiger partial charge in [0, 0.05) is 11.4 Å². The zero-order chi connectivity index (χ0) is 15.1. The lowest BCUT2D eigenvalue weighted by atomic mass is 10.2. The van der Waals surface area contributed by atoms with Crippen molar-refractivity contribution in [2.45, 2.75) is 11.3 Å². The van der Waals surface area contributed by atoms with Crippen molar-refractivity contribution in [3.63, 3.8) is 0 Å². The number of nitrogens with one attached hydrogen (secondary N) is 2. The van der Waals surface area contributed by atoms with Crippen LogP contribution in [0.15, 0.2) is 46.0 Å².